The van der Waals surface area contributed by atoms with Crippen molar-refractivity contribution < 1.29 is 4.79 Å². The molecule has 2 N–H and O–H groups in total. The molecule has 0 spiro atoms. The highest BCUT2D eigenvalue weighted by molar-refractivity contribution is 5.76. The molecule has 1 aliphatic carbocycles. The average Bonchev–Trinajstić information content (AvgIpc) is 2.28. The van der Waals surface area contributed by atoms with E-state index in [1.807, 2.05) is 0 Å². The Morgan fingerprint density at radius 1 is 1.22 bits per heavy atom. The second-order valence-electron chi connectivity index (χ2n) is 6.68. The minimum atomic E-state index is 0.0925. The standard InChI is InChI=1S/C15H30N2O/c1-12(13-8-6-5-7-9-13)17-14(18)10-11-16-15(2,3)4/h12-13,16H,5-11H2,1-4H3,(H,17,18)/t12-/m1/s1. The first-order valence-corrected chi connectivity index (χ1v) is 7.43. The van der Waals surface area contributed by atoms with Crippen LogP contribution in [-0.2, 0) is 4.79 Å². The molecule has 1 rings (SSSR count). The van der Waals surface area contributed by atoms with Crippen LogP contribution < -0.4 is 10.6 Å². The van der Waals surface area contributed by atoms with Gasteiger partial charge < -0.3 is 10.6 Å². The molecule has 3 heteroatoms. The van der Waals surface area contributed by atoms with Gasteiger partial charge in [-0.1, -0.05) is 19.3 Å². The van der Waals surface area contributed by atoms with E-state index in [4.69, 9.17) is 0 Å². The number of nitrogens with one attached hydrogen (secondary N) is 2. The lowest BCUT2D eigenvalue weighted by molar-refractivity contribution is -0.122. The molecule has 3 nitrogen and oxygen atoms in total. The van der Waals surface area contributed by atoms with Crippen LogP contribution in [0.5, 0.6) is 0 Å². The predicted molar refractivity (Wildman–Crippen MR) is 76.6 cm³/mol. The van der Waals surface area contributed by atoms with Gasteiger partial charge in [0.15, 0.2) is 0 Å². The maximum absolute atomic E-state index is 11.8. The van der Waals surface area contributed by atoms with Crippen molar-refractivity contribution in [2.24, 2.45) is 5.92 Å². The molecule has 1 atom stereocenters. The number of carbonyl (C=O) groups excluding carboxylic acids is 1. The average molecular weight is 254 g/mol. The molecule has 0 bridgehead atoms. The number of hydrogen-bond donors (Lipinski definition) is 2. The van der Waals surface area contributed by atoms with Gasteiger partial charge in [0.1, 0.15) is 0 Å². The van der Waals surface area contributed by atoms with Crippen LogP contribution in [0, 0.1) is 5.92 Å². The molecular formula is C15H30N2O. The lowest BCUT2D eigenvalue weighted by Crippen LogP contribution is -2.42. The van der Waals surface area contributed by atoms with Gasteiger partial charge in [0.25, 0.3) is 0 Å². The summed E-state index contributed by atoms with van der Waals surface area (Å²) in [6.07, 6.45) is 7.16. The molecular weight excluding hydrogens is 224 g/mol. The van der Waals surface area contributed by atoms with Crippen LogP contribution in [0.3, 0.4) is 0 Å². The van der Waals surface area contributed by atoms with Crippen molar-refractivity contribution in [1.82, 2.24) is 10.6 Å². The zero-order chi connectivity index (χ0) is 13.6. The highest BCUT2D eigenvalue weighted by Crippen LogP contribution is 2.26. The van der Waals surface area contributed by atoms with Gasteiger partial charge in [0.2, 0.25) is 5.91 Å². The fourth-order valence-corrected chi connectivity index (χ4v) is 2.63. The van der Waals surface area contributed by atoms with Gasteiger partial charge >= 0.3 is 0 Å². The third-order valence-electron chi connectivity index (χ3n) is 3.75. The number of amides is 1. The topological polar surface area (TPSA) is 41.1 Å². The van der Waals surface area contributed by atoms with Crippen LogP contribution in [0.4, 0.5) is 0 Å². The van der Waals surface area contributed by atoms with Crippen molar-refractivity contribution in [3.63, 3.8) is 0 Å². The van der Waals surface area contributed by atoms with Gasteiger partial charge in [0.05, 0.1) is 0 Å². The van der Waals surface area contributed by atoms with Gasteiger partial charge in [-0.15, -0.1) is 0 Å². The van der Waals surface area contributed by atoms with Crippen molar-refractivity contribution in [1.29, 1.82) is 0 Å². The quantitative estimate of drug-likeness (QED) is 0.792. The van der Waals surface area contributed by atoms with E-state index in [9.17, 15) is 4.79 Å². The molecule has 1 amide bonds. The summed E-state index contributed by atoms with van der Waals surface area (Å²) < 4.78 is 0. The summed E-state index contributed by atoms with van der Waals surface area (Å²) in [6, 6.07) is 0.340. The van der Waals surface area contributed by atoms with Crippen molar-refractivity contribution in [2.45, 2.75) is 77.8 Å². The number of rotatable bonds is 5. The zero-order valence-corrected chi connectivity index (χ0v) is 12.5. The van der Waals surface area contributed by atoms with Crippen molar-refractivity contribution in [3.05, 3.63) is 0 Å². The highest BCUT2D eigenvalue weighted by Gasteiger charge is 2.21. The van der Waals surface area contributed by atoms with Crippen molar-refractivity contribution in [2.75, 3.05) is 6.54 Å². The molecule has 106 valence electrons. The van der Waals surface area contributed by atoms with Crippen LogP contribution in [-0.4, -0.2) is 24.0 Å². The Labute approximate surface area is 112 Å². The summed E-state index contributed by atoms with van der Waals surface area (Å²) in [7, 11) is 0. The Bertz CT molecular complexity index is 252. The molecule has 0 radical (unpaired) electrons. The van der Waals surface area contributed by atoms with Gasteiger partial charge in [-0.25, -0.2) is 0 Å². The minimum Gasteiger partial charge on any atom is -0.353 e. The van der Waals surface area contributed by atoms with E-state index >= 15 is 0 Å². The summed E-state index contributed by atoms with van der Waals surface area (Å²) in [6.45, 7) is 9.28. The molecule has 0 heterocycles. The SMILES string of the molecule is C[C@@H](NC(=O)CCNC(C)(C)C)C1CCCCC1. The maximum Gasteiger partial charge on any atom is 0.221 e. The van der Waals surface area contributed by atoms with Crippen LogP contribution in [0.15, 0.2) is 0 Å². The van der Waals surface area contributed by atoms with Crippen LogP contribution in [0.25, 0.3) is 0 Å². The molecule has 0 aliphatic heterocycles. The minimum absolute atomic E-state index is 0.0925. The number of carbonyl (C=O) groups is 1. The Kier molecular flexibility index (Phi) is 6.13. The Balaban J connectivity index is 2.18. The lowest BCUT2D eigenvalue weighted by atomic mass is 9.84. The van der Waals surface area contributed by atoms with E-state index < -0.39 is 0 Å². The monoisotopic (exact) mass is 254 g/mol. The molecule has 0 aromatic carbocycles. The molecule has 0 saturated heterocycles. The van der Waals surface area contributed by atoms with Crippen LogP contribution >= 0.6 is 0 Å². The van der Waals surface area contributed by atoms with Gasteiger partial charge in [-0.2, -0.15) is 0 Å². The zero-order valence-electron chi connectivity index (χ0n) is 12.5. The Morgan fingerprint density at radius 3 is 2.39 bits per heavy atom. The summed E-state index contributed by atoms with van der Waals surface area (Å²) in [5, 5.41) is 6.50. The lowest BCUT2D eigenvalue weighted by Gasteiger charge is -2.28. The van der Waals surface area contributed by atoms with Gasteiger partial charge in [0, 0.05) is 24.5 Å². The second-order valence-corrected chi connectivity index (χ2v) is 6.68. The molecule has 1 saturated carbocycles. The van der Waals surface area contributed by atoms with Crippen LogP contribution in [0.2, 0.25) is 0 Å². The van der Waals surface area contributed by atoms with Crippen molar-refractivity contribution >= 4 is 5.91 Å². The first kappa shape index (κ1) is 15.5. The fourth-order valence-electron chi connectivity index (χ4n) is 2.63. The first-order valence-electron chi connectivity index (χ1n) is 7.43. The van der Waals surface area contributed by atoms with E-state index in [-0.39, 0.29) is 11.4 Å². The van der Waals surface area contributed by atoms with Crippen molar-refractivity contribution in [3.8, 4) is 0 Å². The summed E-state index contributed by atoms with van der Waals surface area (Å²) >= 11 is 0. The summed E-state index contributed by atoms with van der Waals surface area (Å²) in [5.74, 6) is 0.878. The summed E-state index contributed by atoms with van der Waals surface area (Å²) in [4.78, 5) is 11.8. The molecule has 0 unspecified atom stereocenters. The fraction of sp³-hybridized carbons (Fsp3) is 0.933. The van der Waals surface area contributed by atoms with E-state index in [2.05, 4.69) is 38.3 Å². The smallest absolute Gasteiger partial charge is 0.221 e. The Morgan fingerprint density at radius 2 is 1.83 bits per heavy atom. The van der Waals surface area contributed by atoms with E-state index in [0.29, 0.717) is 18.4 Å². The molecule has 18 heavy (non-hydrogen) atoms. The second kappa shape index (κ2) is 7.13. The third kappa shape index (κ3) is 6.39. The highest BCUT2D eigenvalue weighted by atomic mass is 16.1. The molecule has 1 aliphatic rings. The van der Waals surface area contributed by atoms with E-state index in [1.165, 1.54) is 32.1 Å². The maximum atomic E-state index is 11.8. The van der Waals surface area contributed by atoms with Gasteiger partial charge in [-0.05, 0) is 46.5 Å². The van der Waals surface area contributed by atoms with E-state index in [1.54, 1.807) is 0 Å². The van der Waals surface area contributed by atoms with E-state index in [0.717, 1.165) is 6.54 Å². The number of hydrogen-bond acceptors (Lipinski definition) is 2. The molecule has 0 aromatic heterocycles. The molecule has 0 aromatic rings. The third-order valence-corrected chi connectivity index (χ3v) is 3.75. The van der Waals surface area contributed by atoms with Gasteiger partial charge in [-0.3, -0.25) is 4.79 Å². The Hall–Kier alpha value is -0.570. The first-order chi connectivity index (χ1) is 8.38. The largest absolute Gasteiger partial charge is 0.353 e. The molecule has 1 fully saturated rings. The summed E-state index contributed by atoms with van der Waals surface area (Å²) in [5.41, 5.74) is 0.0925. The normalized spacial score (nSPS) is 19.6. The predicted octanol–water partition coefficient (Wildman–Crippen LogP) is 2.85. The van der Waals surface area contributed by atoms with Crippen LogP contribution in [0.1, 0.15) is 66.2 Å².